The summed E-state index contributed by atoms with van der Waals surface area (Å²) in [7, 11) is 0. The molecule has 0 saturated heterocycles. The highest BCUT2D eigenvalue weighted by molar-refractivity contribution is 9.11. The van der Waals surface area contributed by atoms with E-state index in [9.17, 15) is 0 Å². The van der Waals surface area contributed by atoms with Gasteiger partial charge in [0.1, 0.15) is 0 Å². The molecule has 0 aliphatic rings. The summed E-state index contributed by atoms with van der Waals surface area (Å²) in [5.41, 5.74) is 2.81. The summed E-state index contributed by atoms with van der Waals surface area (Å²) in [6.45, 7) is 5.75. The van der Waals surface area contributed by atoms with Gasteiger partial charge in [0.15, 0.2) is 0 Å². The lowest BCUT2D eigenvalue weighted by molar-refractivity contribution is 0.364. The van der Waals surface area contributed by atoms with Crippen LogP contribution in [0.5, 0.6) is 0 Å². The maximum atomic E-state index is 4.03. The Kier molecular flexibility index (Phi) is 12.8. The normalized spacial score (nSPS) is 13.1. The van der Waals surface area contributed by atoms with Crippen LogP contribution in [0.3, 0.4) is 0 Å². The number of rotatable bonds is 22. The summed E-state index contributed by atoms with van der Waals surface area (Å²) in [6, 6.07) is 18.6. The summed E-state index contributed by atoms with van der Waals surface area (Å²) < 4.78 is 5.16. The van der Waals surface area contributed by atoms with Crippen molar-refractivity contribution in [2.45, 2.75) is 149 Å². The van der Waals surface area contributed by atoms with Crippen molar-refractivity contribution in [1.29, 1.82) is 0 Å². The standard InChI is InChI=1S/C44H57Br2N/c1-3-5-7-9-11-13-14-16-18-20-24-32(23-19-17-15-12-10-8-6-4-2)31-47-39-29-37(45)35-27-21-25-33-34-26-22-28-36-38(46)30-40(47)44(42(34)36)43(39)41(33)35/h21-22,25-30,32H,3-20,23-24,31H2,1-2H3. The van der Waals surface area contributed by atoms with E-state index in [2.05, 4.69) is 98.8 Å². The van der Waals surface area contributed by atoms with Gasteiger partial charge in [-0.15, -0.1) is 0 Å². The van der Waals surface area contributed by atoms with Crippen molar-refractivity contribution in [3.63, 3.8) is 0 Å². The fraction of sp³-hybridized carbons (Fsp3) is 0.545. The molecule has 1 aromatic heterocycles. The van der Waals surface area contributed by atoms with Crippen LogP contribution in [-0.4, -0.2) is 4.57 Å². The Labute approximate surface area is 301 Å². The van der Waals surface area contributed by atoms with E-state index >= 15 is 0 Å². The Bertz CT molecular complexity index is 1720. The summed E-state index contributed by atoms with van der Waals surface area (Å²) in [6.07, 6.45) is 28.0. The maximum absolute atomic E-state index is 4.03. The van der Waals surface area contributed by atoms with E-state index in [0.29, 0.717) is 0 Å². The van der Waals surface area contributed by atoms with E-state index in [-0.39, 0.29) is 0 Å². The molecular weight excluding hydrogens is 702 g/mol. The number of unbranched alkanes of at least 4 members (excludes halogenated alkanes) is 16. The number of aromatic nitrogens is 1. The fourth-order valence-electron chi connectivity index (χ4n) is 8.62. The van der Waals surface area contributed by atoms with Crippen molar-refractivity contribution in [2.24, 2.45) is 5.92 Å². The van der Waals surface area contributed by atoms with Gasteiger partial charge in [0.2, 0.25) is 0 Å². The van der Waals surface area contributed by atoms with Gasteiger partial charge in [0.05, 0.1) is 11.0 Å². The second-order valence-electron chi connectivity index (χ2n) is 14.7. The van der Waals surface area contributed by atoms with Gasteiger partial charge in [-0.1, -0.05) is 198 Å². The van der Waals surface area contributed by atoms with E-state index in [1.165, 1.54) is 191 Å². The molecule has 0 N–H and O–H groups in total. The van der Waals surface area contributed by atoms with Crippen LogP contribution >= 0.6 is 31.9 Å². The zero-order valence-electron chi connectivity index (χ0n) is 29.2. The number of fused-ring (bicyclic) bond motifs is 1. The Balaban J connectivity index is 1.24. The molecule has 1 nitrogen and oxygen atoms in total. The van der Waals surface area contributed by atoms with Crippen LogP contribution in [-0.2, 0) is 6.54 Å². The van der Waals surface area contributed by atoms with Gasteiger partial charge in [-0.05, 0) is 52.4 Å². The molecule has 5 aromatic carbocycles. The van der Waals surface area contributed by atoms with Gasteiger partial charge < -0.3 is 4.57 Å². The fourth-order valence-corrected chi connectivity index (χ4v) is 9.71. The van der Waals surface area contributed by atoms with Crippen LogP contribution < -0.4 is 0 Å². The van der Waals surface area contributed by atoms with Gasteiger partial charge in [-0.2, -0.15) is 0 Å². The van der Waals surface area contributed by atoms with Crippen LogP contribution in [0, 0.1) is 5.92 Å². The van der Waals surface area contributed by atoms with Crippen molar-refractivity contribution in [1.82, 2.24) is 4.57 Å². The number of nitrogens with zero attached hydrogens (tertiary/aromatic N) is 1. The topological polar surface area (TPSA) is 4.93 Å². The Morgan fingerprint density at radius 1 is 0.468 bits per heavy atom. The van der Waals surface area contributed by atoms with Gasteiger partial charge >= 0.3 is 0 Å². The molecule has 0 radical (unpaired) electrons. The predicted octanol–water partition coefficient (Wildman–Crippen LogP) is 16.1. The summed E-state index contributed by atoms with van der Waals surface area (Å²) in [5, 5.41) is 11.2. The van der Waals surface area contributed by atoms with E-state index < -0.39 is 0 Å². The molecule has 0 saturated carbocycles. The van der Waals surface area contributed by atoms with Crippen molar-refractivity contribution in [3.05, 3.63) is 57.5 Å². The SMILES string of the molecule is CCCCCCCCCCCCC(CCCCCCCCCC)Cn1c2cc(Br)c3cccc4c5cccc6c(Br)cc1c(c65)c2c34. The molecule has 6 aromatic rings. The first-order valence-corrected chi connectivity index (χ1v) is 21.0. The predicted molar refractivity (Wildman–Crippen MR) is 217 cm³/mol. The molecule has 3 heteroatoms. The quantitative estimate of drug-likeness (QED) is 0.0369. The summed E-state index contributed by atoms with van der Waals surface area (Å²) in [4.78, 5) is 0. The Hall–Kier alpha value is -1.84. The van der Waals surface area contributed by atoms with Gasteiger partial charge in [-0.25, -0.2) is 0 Å². The van der Waals surface area contributed by atoms with Crippen molar-refractivity contribution in [3.8, 4) is 0 Å². The molecule has 0 amide bonds. The highest BCUT2D eigenvalue weighted by Gasteiger charge is 2.25. The van der Waals surface area contributed by atoms with Crippen LogP contribution in [0.1, 0.15) is 142 Å². The maximum Gasteiger partial charge on any atom is 0.0509 e. The zero-order chi connectivity index (χ0) is 32.6. The molecule has 0 fully saturated rings. The molecule has 1 heterocycles. The van der Waals surface area contributed by atoms with Gasteiger partial charge in [0.25, 0.3) is 0 Å². The smallest absolute Gasteiger partial charge is 0.0509 e. The highest BCUT2D eigenvalue weighted by Crippen LogP contribution is 2.49. The molecule has 0 aliphatic heterocycles. The number of halogens is 2. The molecule has 0 bridgehead atoms. The molecule has 0 aliphatic carbocycles. The summed E-state index contributed by atoms with van der Waals surface area (Å²) >= 11 is 8.06. The number of hydrogen-bond donors (Lipinski definition) is 0. The second kappa shape index (κ2) is 17.2. The third-order valence-corrected chi connectivity index (χ3v) is 12.5. The number of hydrogen-bond acceptors (Lipinski definition) is 0. The number of benzene rings is 5. The minimum atomic E-state index is 0.720. The molecule has 0 spiro atoms. The lowest BCUT2D eigenvalue weighted by atomic mass is 9.90. The molecule has 252 valence electrons. The van der Waals surface area contributed by atoms with Crippen LogP contribution in [0.15, 0.2) is 57.5 Å². The largest absolute Gasteiger partial charge is 0.340 e. The lowest BCUT2D eigenvalue weighted by Crippen LogP contribution is -2.11. The van der Waals surface area contributed by atoms with Crippen molar-refractivity contribution < 1.29 is 0 Å². The molecule has 1 unspecified atom stereocenters. The van der Waals surface area contributed by atoms with E-state index in [1.54, 1.807) is 0 Å². The second-order valence-corrected chi connectivity index (χ2v) is 16.4. The van der Waals surface area contributed by atoms with E-state index in [4.69, 9.17) is 0 Å². The van der Waals surface area contributed by atoms with E-state index in [0.717, 1.165) is 12.5 Å². The highest BCUT2D eigenvalue weighted by atomic mass is 79.9. The first-order valence-electron chi connectivity index (χ1n) is 19.4. The minimum Gasteiger partial charge on any atom is -0.340 e. The summed E-state index contributed by atoms with van der Waals surface area (Å²) in [5.74, 6) is 0.720. The molecule has 47 heavy (non-hydrogen) atoms. The zero-order valence-corrected chi connectivity index (χ0v) is 32.4. The molecule has 1 atom stereocenters. The third kappa shape index (κ3) is 7.82. The van der Waals surface area contributed by atoms with Crippen LogP contribution in [0.2, 0.25) is 0 Å². The first kappa shape index (κ1) is 35.0. The monoisotopic (exact) mass is 757 g/mol. The third-order valence-electron chi connectivity index (χ3n) is 11.2. The van der Waals surface area contributed by atoms with Crippen molar-refractivity contribution in [2.75, 3.05) is 0 Å². The molecule has 6 rings (SSSR count). The minimum absolute atomic E-state index is 0.720. The average molecular weight is 760 g/mol. The molecular formula is C44H57Br2N. The van der Waals surface area contributed by atoms with E-state index in [1.807, 2.05) is 0 Å². The lowest BCUT2D eigenvalue weighted by Gasteiger charge is -2.20. The first-order chi connectivity index (χ1) is 23.1. The Morgan fingerprint density at radius 2 is 0.830 bits per heavy atom. The van der Waals surface area contributed by atoms with Gasteiger partial charge in [0, 0.05) is 37.0 Å². The van der Waals surface area contributed by atoms with Gasteiger partial charge in [-0.3, -0.25) is 0 Å². The average Bonchev–Trinajstić information content (AvgIpc) is 3.38. The van der Waals surface area contributed by atoms with Crippen molar-refractivity contribution >= 4 is 86.0 Å². The van der Waals surface area contributed by atoms with Crippen LogP contribution in [0.4, 0.5) is 0 Å². The van der Waals surface area contributed by atoms with Crippen LogP contribution in [0.25, 0.3) is 54.1 Å². The Morgan fingerprint density at radius 3 is 1.23 bits per heavy atom.